The largest absolute Gasteiger partial charge is 0.359 e. The number of allylic oxidation sites excluding steroid dienone is 2. The molecule has 0 saturated heterocycles. The Morgan fingerprint density at radius 3 is 2.92 bits per heavy atom. The predicted molar refractivity (Wildman–Crippen MR) is 54.2 cm³/mol. The highest BCUT2D eigenvalue weighted by molar-refractivity contribution is 5.50. The Kier molecular flexibility index (Phi) is 3.10. The van der Waals surface area contributed by atoms with Crippen LogP contribution in [-0.2, 0) is 0 Å². The highest BCUT2D eigenvalue weighted by Gasteiger charge is 1.91. The minimum Gasteiger partial charge on any atom is -0.359 e. The summed E-state index contributed by atoms with van der Waals surface area (Å²) >= 11 is 0. The number of nitrogens with one attached hydrogen (secondary N) is 1. The third kappa shape index (κ3) is 3.00. The summed E-state index contributed by atoms with van der Waals surface area (Å²) < 4.78 is 0. The van der Waals surface area contributed by atoms with E-state index in [1.54, 1.807) is 0 Å². The third-order valence-electron chi connectivity index (χ3n) is 1.64. The van der Waals surface area contributed by atoms with E-state index in [2.05, 4.69) is 5.32 Å². The van der Waals surface area contributed by atoms with Crippen LogP contribution in [0.3, 0.4) is 0 Å². The van der Waals surface area contributed by atoms with Crippen LogP contribution in [0.4, 0.5) is 5.69 Å². The van der Waals surface area contributed by atoms with Gasteiger partial charge < -0.3 is 5.32 Å². The first-order valence-electron chi connectivity index (χ1n) is 4.12. The second-order valence-electron chi connectivity index (χ2n) is 2.95. The number of benzene rings is 1. The van der Waals surface area contributed by atoms with Crippen molar-refractivity contribution in [2.24, 2.45) is 0 Å². The Hall–Kier alpha value is -1.75. The molecule has 0 amide bonds. The molecule has 13 heavy (non-hydrogen) atoms. The highest BCUT2D eigenvalue weighted by atomic mass is 14.9. The molecule has 66 valence electrons. The molecule has 0 aliphatic rings. The number of nitriles is 1. The summed E-state index contributed by atoms with van der Waals surface area (Å²) in [7, 11) is 0. The maximum Gasteiger partial charge on any atom is 0.0930 e. The van der Waals surface area contributed by atoms with Crippen molar-refractivity contribution in [1.29, 1.82) is 5.26 Å². The summed E-state index contributed by atoms with van der Waals surface area (Å²) in [4.78, 5) is 0. The SMILES string of the molecule is CC(=CC#N)Nc1cccc(C)c1. The molecule has 0 aromatic heterocycles. The summed E-state index contributed by atoms with van der Waals surface area (Å²) in [5.74, 6) is 0. The van der Waals surface area contributed by atoms with Crippen molar-refractivity contribution in [2.75, 3.05) is 5.32 Å². The fourth-order valence-electron chi connectivity index (χ4n) is 1.08. The molecule has 0 spiro atoms. The number of rotatable bonds is 2. The first-order valence-corrected chi connectivity index (χ1v) is 4.12. The number of nitrogens with zero attached hydrogens (tertiary/aromatic N) is 1. The molecule has 0 atom stereocenters. The molecular weight excluding hydrogens is 160 g/mol. The molecule has 2 heteroatoms. The second kappa shape index (κ2) is 4.32. The van der Waals surface area contributed by atoms with Crippen molar-refractivity contribution in [3.8, 4) is 6.07 Å². The molecule has 0 saturated carbocycles. The molecule has 1 aromatic carbocycles. The Bertz CT molecular complexity index is 359. The summed E-state index contributed by atoms with van der Waals surface area (Å²) in [5, 5.41) is 11.5. The lowest BCUT2D eigenvalue weighted by Crippen LogP contribution is -1.94. The van der Waals surface area contributed by atoms with E-state index in [9.17, 15) is 0 Å². The van der Waals surface area contributed by atoms with Gasteiger partial charge in [-0.15, -0.1) is 0 Å². The fraction of sp³-hybridized carbons (Fsp3) is 0.182. The monoisotopic (exact) mass is 172 g/mol. The maximum atomic E-state index is 8.40. The summed E-state index contributed by atoms with van der Waals surface area (Å²) in [5.41, 5.74) is 3.08. The Morgan fingerprint density at radius 2 is 2.31 bits per heavy atom. The van der Waals surface area contributed by atoms with Gasteiger partial charge in [0.05, 0.1) is 6.07 Å². The average molecular weight is 172 g/mol. The van der Waals surface area contributed by atoms with E-state index < -0.39 is 0 Å². The van der Waals surface area contributed by atoms with Gasteiger partial charge in [-0.05, 0) is 31.5 Å². The van der Waals surface area contributed by atoms with Crippen LogP contribution < -0.4 is 5.32 Å². The van der Waals surface area contributed by atoms with Crippen molar-refractivity contribution in [2.45, 2.75) is 13.8 Å². The first-order chi connectivity index (χ1) is 6.22. The van der Waals surface area contributed by atoms with Crippen LogP contribution in [0.2, 0.25) is 0 Å². The molecule has 0 fully saturated rings. The Balaban J connectivity index is 2.76. The van der Waals surface area contributed by atoms with E-state index in [0.717, 1.165) is 11.4 Å². The number of aryl methyl sites for hydroxylation is 1. The number of anilines is 1. The molecule has 1 N–H and O–H groups in total. The van der Waals surface area contributed by atoms with Crippen molar-refractivity contribution >= 4 is 5.69 Å². The fourth-order valence-corrected chi connectivity index (χ4v) is 1.08. The lowest BCUT2D eigenvalue weighted by Gasteiger charge is -2.05. The molecule has 0 heterocycles. The van der Waals surface area contributed by atoms with Crippen molar-refractivity contribution in [3.05, 3.63) is 41.6 Å². The van der Waals surface area contributed by atoms with Gasteiger partial charge in [0, 0.05) is 17.5 Å². The van der Waals surface area contributed by atoms with Crippen LogP contribution in [0, 0.1) is 18.3 Å². The molecule has 0 radical (unpaired) electrons. The van der Waals surface area contributed by atoms with E-state index in [1.165, 1.54) is 11.6 Å². The van der Waals surface area contributed by atoms with Gasteiger partial charge in [-0.3, -0.25) is 0 Å². The van der Waals surface area contributed by atoms with Gasteiger partial charge in [-0.1, -0.05) is 12.1 Å². The molecule has 0 aliphatic heterocycles. The zero-order valence-corrected chi connectivity index (χ0v) is 7.83. The zero-order chi connectivity index (χ0) is 9.68. The third-order valence-corrected chi connectivity index (χ3v) is 1.64. The number of hydrogen-bond donors (Lipinski definition) is 1. The quantitative estimate of drug-likeness (QED) is 0.696. The topological polar surface area (TPSA) is 35.8 Å². The minimum atomic E-state index is 0.855. The number of hydrogen-bond acceptors (Lipinski definition) is 2. The minimum absolute atomic E-state index is 0.855. The normalized spacial score (nSPS) is 10.7. The average Bonchev–Trinajstić information content (AvgIpc) is 2.04. The lowest BCUT2D eigenvalue weighted by atomic mass is 10.2. The van der Waals surface area contributed by atoms with E-state index in [1.807, 2.05) is 44.2 Å². The van der Waals surface area contributed by atoms with Gasteiger partial charge in [0.2, 0.25) is 0 Å². The van der Waals surface area contributed by atoms with Crippen LogP contribution >= 0.6 is 0 Å². The highest BCUT2D eigenvalue weighted by Crippen LogP contribution is 2.11. The Morgan fingerprint density at radius 1 is 1.54 bits per heavy atom. The van der Waals surface area contributed by atoms with E-state index in [-0.39, 0.29) is 0 Å². The predicted octanol–water partition coefficient (Wildman–Crippen LogP) is 2.83. The summed E-state index contributed by atoms with van der Waals surface area (Å²) in [6.07, 6.45) is 1.49. The van der Waals surface area contributed by atoms with Crippen molar-refractivity contribution in [1.82, 2.24) is 0 Å². The van der Waals surface area contributed by atoms with Crippen LogP contribution in [0.25, 0.3) is 0 Å². The van der Waals surface area contributed by atoms with Gasteiger partial charge in [-0.25, -0.2) is 0 Å². The summed E-state index contributed by atoms with van der Waals surface area (Å²) in [6, 6.07) is 10.0. The molecule has 0 unspecified atom stereocenters. The van der Waals surface area contributed by atoms with Gasteiger partial charge in [0.15, 0.2) is 0 Å². The van der Waals surface area contributed by atoms with Crippen LogP contribution in [0.5, 0.6) is 0 Å². The second-order valence-corrected chi connectivity index (χ2v) is 2.95. The molecule has 1 aromatic rings. The molecule has 1 rings (SSSR count). The zero-order valence-electron chi connectivity index (χ0n) is 7.83. The van der Waals surface area contributed by atoms with Crippen LogP contribution in [0.1, 0.15) is 12.5 Å². The molecule has 0 aliphatic carbocycles. The summed E-state index contributed by atoms with van der Waals surface area (Å²) in [6.45, 7) is 3.90. The van der Waals surface area contributed by atoms with Crippen molar-refractivity contribution in [3.63, 3.8) is 0 Å². The molecular formula is C11H12N2. The Labute approximate surface area is 78.5 Å². The van der Waals surface area contributed by atoms with Crippen LogP contribution in [0.15, 0.2) is 36.0 Å². The maximum absolute atomic E-state index is 8.40. The van der Waals surface area contributed by atoms with E-state index >= 15 is 0 Å². The van der Waals surface area contributed by atoms with E-state index in [4.69, 9.17) is 5.26 Å². The van der Waals surface area contributed by atoms with Gasteiger partial charge >= 0.3 is 0 Å². The van der Waals surface area contributed by atoms with Gasteiger partial charge in [0.1, 0.15) is 0 Å². The van der Waals surface area contributed by atoms with E-state index in [0.29, 0.717) is 0 Å². The van der Waals surface area contributed by atoms with Crippen LogP contribution in [-0.4, -0.2) is 0 Å². The standard InChI is InChI=1S/C11H12N2/c1-9-4-3-5-11(8-9)13-10(2)6-7-12/h3-6,8,13H,1-2H3. The van der Waals surface area contributed by atoms with Crippen molar-refractivity contribution < 1.29 is 0 Å². The van der Waals surface area contributed by atoms with Gasteiger partial charge in [0.25, 0.3) is 0 Å². The first kappa shape index (κ1) is 9.34. The van der Waals surface area contributed by atoms with Gasteiger partial charge in [-0.2, -0.15) is 5.26 Å². The molecule has 2 nitrogen and oxygen atoms in total. The molecule has 0 bridgehead atoms. The smallest absolute Gasteiger partial charge is 0.0930 e. The lowest BCUT2D eigenvalue weighted by molar-refractivity contribution is 1.35.